The fourth-order valence-electron chi connectivity index (χ4n) is 5.66. The highest BCUT2D eigenvalue weighted by Gasteiger charge is 2.53. The Balaban J connectivity index is 1.68. The molecule has 0 spiro atoms. The van der Waals surface area contributed by atoms with Crippen LogP contribution in [0.15, 0.2) is 91.0 Å². The lowest BCUT2D eigenvalue weighted by atomic mass is 9.96. The molecule has 3 aromatic rings. The van der Waals surface area contributed by atoms with Gasteiger partial charge in [-0.15, -0.1) is 0 Å². The van der Waals surface area contributed by atoms with Crippen molar-refractivity contribution in [1.29, 1.82) is 0 Å². The molecule has 0 unspecified atom stereocenters. The Morgan fingerprint density at radius 1 is 0.884 bits per heavy atom. The van der Waals surface area contributed by atoms with Crippen molar-refractivity contribution in [2.75, 3.05) is 13.7 Å². The fourth-order valence-corrected chi connectivity index (χ4v) is 10.4. The zero-order chi connectivity index (χ0) is 31.3. The predicted octanol–water partition coefficient (Wildman–Crippen LogP) is 4.74. The Hall–Kier alpha value is -1.98. The zero-order valence-electron chi connectivity index (χ0n) is 24.6. The molecule has 11 heteroatoms. The van der Waals surface area contributed by atoms with Crippen molar-refractivity contribution in [3.63, 3.8) is 0 Å². The maximum absolute atomic E-state index is 12.7. The standard InChI is InChI=1S/C32H38Cl3NO6Si/c1-31(2,3)43(23-16-10-6-11-17-23,24-18-12-7-13-19-24)41-21-25-27(39-4)28(40-20-22-14-8-5-9-15-22)26(29(37)42-25)36-30(38)32(33,34)35/h5-19,25-29,37H,20-21H2,1-4H3,(H,36,38)/t25-,26+,27-,28+,29+/m0/s1. The van der Waals surface area contributed by atoms with Crippen molar-refractivity contribution in [1.82, 2.24) is 5.32 Å². The summed E-state index contributed by atoms with van der Waals surface area (Å²) in [5.74, 6) is -0.921. The van der Waals surface area contributed by atoms with Gasteiger partial charge in [0.2, 0.25) is 0 Å². The van der Waals surface area contributed by atoms with Crippen LogP contribution in [0, 0.1) is 0 Å². The van der Waals surface area contributed by atoms with Gasteiger partial charge in [0.25, 0.3) is 18.0 Å². The van der Waals surface area contributed by atoms with Gasteiger partial charge in [0.05, 0.1) is 13.2 Å². The Morgan fingerprint density at radius 2 is 1.40 bits per heavy atom. The van der Waals surface area contributed by atoms with Gasteiger partial charge in [-0.25, -0.2) is 0 Å². The summed E-state index contributed by atoms with van der Waals surface area (Å²) >= 11 is 17.5. The summed E-state index contributed by atoms with van der Waals surface area (Å²) in [5, 5.41) is 15.7. The summed E-state index contributed by atoms with van der Waals surface area (Å²) in [6.45, 7) is 6.80. The van der Waals surface area contributed by atoms with E-state index in [4.69, 9.17) is 53.4 Å². The van der Waals surface area contributed by atoms with E-state index in [-0.39, 0.29) is 18.3 Å². The molecule has 43 heavy (non-hydrogen) atoms. The minimum absolute atomic E-state index is 0.0825. The van der Waals surface area contributed by atoms with Gasteiger partial charge in [0.15, 0.2) is 6.29 Å². The van der Waals surface area contributed by atoms with Gasteiger partial charge in [0.1, 0.15) is 24.4 Å². The van der Waals surface area contributed by atoms with Crippen molar-refractivity contribution in [2.24, 2.45) is 0 Å². The molecule has 0 bridgehead atoms. The number of benzene rings is 3. The fraction of sp³-hybridized carbons (Fsp3) is 0.406. The minimum atomic E-state index is -2.94. The van der Waals surface area contributed by atoms with Crippen LogP contribution in [-0.2, 0) is 30.0 Å². The highest BCUT2D eigenvalue weighted by Crippen LogP contribution is 2.38. The van der Waals surface area contributed by atoms with Crippen molar-refractivity contribution in [3.8, 4) is 0 Å². The Labute approximate surface area is 269 Å². The Bertz CT molecular complexity index is 1270. The molecule has 1 amide bonds. The molecule has 0 radical (unpaired) electrons. The van der Waals surface area contributed by atoms with Crippen molar-refractivity contribution in [2.45, 2.75) is 66.9 Å². The Kier molecular flexibility index (Phi) is 11.4. The van der Waals surface area contributed by atoms with E-state index in [9.17, 15) is 9.90 Å². The second-order valence-corrected chi connectivity index (χ2v) is 18.1. The normalized spacial score (nSPS) is 23.1. The predicted molar refractivity (Wildman–Crippen MR) is 172 cm³/mol. The van der Waals surface area contributed by atoms with Gasteiger partial charge < -0.3 is 29.1 Å². The molecule has 0 aromatic heterocycles. The molecule has 1 saturated heterocycles. The first-order valence-electron chi connectivity index (χ1n) is 14.0. The van der Waals surface area contributed by atoms with E-state index in [0.717, 1.165) is 15.9 Å². The monoisotopic (exact) mass is 665 g/mol. The average molecular weight is 667 g/mol. The zero-order valence-corrected chi connectivity index (χ0v) is 27.9. The first kappa shape index (κ1) is 33.9. The van der Waals surface area contributed by atoms with Crippen LogP contribution < -0.4 is 15.7 Å². The molecule has 1 fully saturated rings. The highest BCUT2D eigenvalue weighted by molar-refractivity contribution is 6.99. The first-order chi connectivity index (χ1) is 20.4. The number of amides is 1. The number of methoxy groups -OCH3 is 1. The molecule has 232 valence electrons. The summed E-state index contributed by atoms with van der Waals surface area (Å²) < 4.78 is 23.2. The van der Waals surface area contributed by atoms with Crippen LogP contribution in [0.4, 0.5) is 0 Å². The summed E-state index contributed by atoms with van der Waals surface area (Å²) in [5.41, 5.74) is 0.893. The molecular weight excluding hydrogens is 629 g/mol. The maximum atomic E-state index is 12.7. The van der Waals surface area contributed by atoms with E-state index in [1.54, 1.807) is 0 Å². The SMILES string of the molecule is CO[C@@H]1[C@H](OCc2ccccc2)[C@@H](NC(=O)C(Cl)(Cl)Cl)[C@H](O)O[C@H]1CO[Si](c1ccccc1)(c1ccccc1)C(C)(C)C. The van der Waals surface area contributed by atoms with E-state index in [0.29, 0.717) is 0 Å². The van der Waals surface area contributed by atoms with Crippen molar-refractivity contribution < 1.29 is 28.5 Å². The van der Waals surface area contributed by atoms with Gasteiger partial charge in [-0.2, -0.15) is 0 Å². The third-order valence-corrected chi connectivity index (χ3v) is 13.2. The first-order valence-corrected chi connectivity index (χ1v) is 17.1. The van der Waals surface area contributed by atoms with E-state index in [1.807, 2.05) is 66.7 Å². The van der Waals surface area contributed by atoms with Gasteiger partial charge >= 0.3 is 0 Å². The van der Waals surface area contributed by atoms with Crippen LogP contribution in [0.1, 0.15) is 26.3 Å². The number of aliphatic hydroxyl groups excluding tert-OH is 1. The maximum Gasteiger partial charge on any atom is 0.272 e. The molecule has 1 aliphatic heterocycles. The smallest absolute Gasteiger partial charge is 0.272 e. The molecule has 0 saturated carbocycles. The van der Waals surface area contributed by atoms with Crippen molar-refractivity contribution in [3.05, 3.63) is 96.6 Å². The number of halogens is 3. The summed E-state index contributed by atoms with van der Waals surface area (Å²) in [6.07, 6.45) is -3.90. The lowest BCUT2D eigenvalue weighted by Crippen LogP contribution is -2.69. The number of hydrogen-bond acceptors (Lipinski definition) is 6. The Morgan fingerprint density at radius 3 is 1.86 bits per heavy atom. The minimum Gasteiger partial charge on any atom is -0.405 e. The summed E-state index contributed by atoms with van der Waals surface area (Å²) in [6, 6.07) is 28.8. The number of alkyl halides is 3. The number of ether oxygens (including phenoxy) is 3. The summed E-state index contributed by atoms with van der Waals surface area (Å²) in [4.78, 5) is 12.7. The van der Waals surface area contributed by atoms with Crippen LogP contribution in [-0.4, -0.2) is 67.5 Å². The van der Waals surface area contributed by atoms with Gasteiger partial charge in [0, 0.05) is 7.11 Å². The second-order valence-electron chi connectivity index (χ2n) is 11.5. The van der Waals surface area contributed by atoms with E-state index in [1.165, 1.54) is 7.11 Å². The molecule has 4 rings (SSSR count). The topological polar surface area (TPSA) is 86.3 Å². The van der Waals surface area contributed by atoms with Gasteiger partial charge in [-0.1, -0.05) is 147 Å². The summed E-state index contributed by atoms with van der Waals surface area (Å²) in [7, 11) is -1.42. The van der Waals surface area contributed by atoms with Crippen LogP contribution in [0.2, 0.25) is 5.04 Å². The van der Waals surface area contributed by atoms with E-state index >= 15 is 0 Å². The number of rotatable bonds is 10. The molecule has 0 aliphatic carbocycles. The molecule has 1 heterocycles. The molecule has 3 aromatic carbocycles. The third kappa shape index (κ3) is 7.82. The second kappa shape index (κ2) is 14.4. The average Bonchev–Trinajstić information content (AvgIpc) is 2.98. The molecule has 1 aliphatic rings. The van der Waals surface area contributed by atoms with E-state index < -0.39 is 48.7 Å². The van der Waals surface area contributed by atoms with Crippen LogP contribution in [0.3, 0.4) is 0 Å². The van der Waals surface area contributed by atoms with E-state index in [2.05, 4.69) is 50.4 Å². The number of nitrogens with one attached hydrogen (secondary N) is 1. The highest BCUT2D eigenvalue weighted by atomic mass is 35.6. The quantitative estimate of drug-likeness (QED) is 0.240. The van der Waals surface area contributed by atoms with Gasteiger partial charge in [-0.3, -0.25) is 4.79 Å². The lowest BCUT2D eigenvalue weighted by Gasteiger charge is -2.47. The largest absolute Gasteiger partial charge is 0.405 e. The van der Waals surface area contributed by atoms with Gasteiger partial charge in [-0.05, 0) is 21.0 Å². The number of carbonyl (C=O) groups is 1. The number of hydrogen-bond donors (Lipinski definition) is 2. The third-order valence-electron chi connectivity index (χ3n) is 7.66. The lowest BCUT2D eigenvalue weighted by molar-refractivity contribution is -0.267. The van der Waals surface area contributed by atoms with Crippen molar-refractivity contribution >= 4 is 59.4 Å². The van der Waals surface area contributed by atoms with Crippen LogP contribution >= 0.6 is 34.8 Å². The number of carbonyl (C=O) groups excluding carboxylic acids is 1. The molecular formula is C32H38Cl3NO6Si. The molecule has 7 nitrogen and oxygen atoms in total. The van der Waals surface area contributed by atoms with Crippen LogP contribution in [0.25, 0.3) is 0 Å². The molecule has 5 atom stereocenters. The molecule has 2 N–H and O–H groups in total. The number of aliphatic hydroxyl groups is 1. The van der Waals surface area contributed by atoms with Crippen LogP contribution in [0.5, 0.6) is 0 Å².